The quantitative estimate of drug-likeness (QED) is 0.564. The van der Waals surface area contributed by atoms with Crippen LogP contribution >= 0.6 is 0 Å². The number of carbonyl (C=O) groups excluding carboxylic acids is 2. The smallest absolute Gasteiger partial charge is 0.340 e. The zero-order valence-corrected chi connectivity index (χ0v) is 18.7. The van der Waals surface area contributed by atoms with Crippen molar-refractivity contribution in [3.63, 3.8) is 0 Å². The first-order chi connectivity index (χ1) is 16.4. The lowest BCUT2D eigenvalue weighted by Crippen LogP contribution is -2.48. The summed E-state index contributed by atoms with van der Waals surface area (Å²) in [5, 5.41) is 7.23. The lowest BCUT2D eigenvalue weighted by atomic mass is 9.68. The molecule has 2 aliphatic heterocycles. The van der Waals surface area contributed by atoms with Crippen LogP contribution in [0, 0.1) is 5.82 Å². The van der Waals surface area contributed by atoms with Crippen LogP contribution in [0.3, 0.4) is 0 Å². The number of para-hydroxylation sites is 1. The van der Waals surface area contributed by atoms with Gasteiger partial charge in [0.05, 0.1) is 19.2 Å². The van der Waals surface area contributed by atoms with Crippen LogP contribution in [0.4, 0.5) is 10.1 Å². The molecule has 0 fully saturated rings. The van der Waals surface area contributed by atoms with Crippen molar-refractivity contribution in [3.05, 3.63) is 88.2 Å². The molecule has 0 saturated carbocycles. The summed E-state index contributed by atoms with van der Waals surface area (Å²) in [4.78, 5) is 29.2. The molecular formula is C25H23FN4O4. The van der Waals surface area contributed by atoms with Gasteiger partial charge in [-0.25, -0.2) is 9.18 Å². The van der Waals surface area contributed by atoms with Crippen LogP contribution in [0.25, 0.3) is 0 Å². The Hall–Kier alpha value is -4.14. The summed E-state index contributed by atoms with van der Waals surface area (Å²) in [6.07, 6.45) is 1.35. The second-order valence-electron chi connectivity index (χ2n) is 8.25. The third-order valence-corrected chi connectivity index (χ3v) is 6.32. The number of H-pyrrole nitrogens is 1. The first-order valence-corrected chi connectivity index (χ1v) is 10.9. The number of nitrogens with one attached hydrogen (secondary N) is 1. The largest absolute Gasteiger partial charge is 0.465 e. The van der Waals surface area contributed by atoms with E-state index >= 15 is 0 Å². The summed E-state index contributed by atoms with van der Waals surface area (Å²) in [6.45, 7) is 2.17. The van der Waals surface area contributed by atoms with Gasteiger partial charge in [0.1, 0.15) is 16.8 Å². The SMILES string of the molecule is CCCc1[nH]nc2c1[C@]1(C(=O)N(Cc3ccc(F)cc3)c3ccccc31)C(C(=O)OC)=C(N)O2. The zero-order chi connectivity index (χ0) is 24.0. The maximum Gasteiger partial charge on any atom is 0.340 e. The average molecular weight is 462 g/mol. The van der Waals surface area contributed by atoms with Crippen LogP contribution in [-0.4, -0.2) is 29.2 Å². The molecule has 1 spiro atoms. The van der Waals surface area contributed by atoms with E-state index in [0.717, 1.165) is 12.0 Å². The van der Waals surface area contributed by atoms with E-state index in [9.17, 15) is 14.0 Å². The minimum Gasteiger partial charge on any atom is -0.465 e. The number of fused-ring (bicyclic) bond motifs is 4. The highest BCUT2D eigenvalue weighted by molar-refractivity contribution is 6.18. The Morgan fingerprint density at radius 1 is 1.24 bits per heavy atom. The van der Waals surface area contributed by atoms with E-state index in [2.05, 4.69) is 10.2 Å². The number of methoxy groups -OCH3 is 1. The predicted molar refractivity (Wildman–Crippen MR) is 121 cm³/mol. The third-order valence-electron chi connectivity index (χ3n) is 6.32. The van der Waals surface area contributed by atoms with Crippen LogP contribution in [0.5, 0.6) is 5.88 Å². The molecule has 5 rings (SSSR count). The van der Waals surface area contributed by atoms with Crippen molar-refractivity contribution in [2.24, 2.45) is 5.73 Å². The van der Waals surface area contributed by atoms with Crippen molar-refractivity contribution in [3.8, 4) is 5.88 Å². The number of rotatable bonds is 5. The van der Waals surface area contributed by atoms with Gasteiger partial charge in [-0.05, 0) is 30.2 Å². The monoisotopic (exact) mass is 462 g/mol. The van der Waals surface area contributed by atoms with Crippen LogP contribution in [0.1, 0.15) is 35.7 Å². The summed E-state index contributed by atoms with van der Waals surface area (Å²) in [7, 11) is 1.23. The van der Waals surface area contributed by atoms with E-state index in [0.29, 0.717) is 28.9 Å². The number of hydrogen-bond donors (Lipinski definition) is 2. The standard InChI is InChI=1S/C25H23FN4O4/c1-3-6-17-19-22(29-28-17)34-21(27)20(23(31)33-2)25(19)16-7-4-5-8-18(16)30(24(25)32)13-14-9-11-15(26)12-10-14/h4-5,7-12H,3,6,13,27H2,1-2H3,(H,28,29)/t25-/m0/s1. The lowest BCUT2D eigenvalue weighted by Gasteiger charge is -2.34. The fourth-order valence-electron chi connectivity index (χ4n) is 4.94. The van der Waals surface area contributed by atoms with Crippen molar-refractivity contribution in [1.29, 1.82) is 0 Å². The molecule has 9 heteroatoms. The highest BCUT2D eigenvalue weighted by atomic mass is 19.1. The molecule has 0 aliphatic carbocycles. The second kappa shape index (κ2) is 8.02. The maximum absolute atomic E-state index is 14.5. The summed E-state index contributed by atoms with van der Waals surface area (Å²) in [5.41, 5.74) is 7.61. The molecule has 2 aromatic carbocycles. The minimum absolute atomic E-state index is 0.0830. The molecule has 3 heterocycles. The highest BCUT2D eigenvalue weighted by Gasteiger charge is 2.62. The Morgan fingerprint density at radius 2 is 1.97 bits per heavy atom. The molecular weight excluding hydrogens is 439 g/mol. The van der Waals surface area contributed by atoms with Crippen LogP contribution in [0.15, 0.2) is 60.0 Å². The first kappa shape index (κ1) is 21.7. The van der Waals surface area contributed by atoms with Gasteiger partial charge in [-0.1, -0.05) is 43.7 Å². The topological polar surface area (TPSA) is 111 Å². The molecule has 1 atom stereocenters. The third kappa shape index (κ3) is 2.93. The second-order valence-corrected chi connectivity index (χ2v) is 8.25. The maximum atomic E-state index is 14.5. The molecule has 0 radical (unpaired) electrons. The number of amides is 1. The van der Waals surface area contributed by atoms with Crippen LogP contribution in [0.2, 0.25) is 0 Å². The number of ether oxygens (including phenoxy) is 2. The van der Waals surface area contributed by atoms with Gasteiger partial charge in [0.25, 0.3) is 0 Å². The normalized spacial score (nSPS) is 18.7. The summed E-state index contributed by atoms with van der Waals surface area (Å²) in [5.74, 6) is -1.60. The minimum atomic E-state index is -1.60. The molecule has 34 heavy (non-hydrogen) atoms. The van der Waals surface area contributed by atoms with Gasteiger partial charge in [-0.15, -0.1) is 5.10 Å². The van der Waals surface area contributed by atoms with Gasteiger partial charge in [0.2, 0.25) is 17.7 Å². The molecule has 3 aromatic rings. The Balaban J connectivity index is 1.79. The lowest BCUT2D eigenvalue weighted by molar-refractivity contribution is -0.138. The molecule has 174 valence electrons. The molecule has 3 N–H and O–H groups in total. The van der Waals surface area contributed by atoms with Gasteiger partial charge in [-0.3, -0.25) is 9.89 Å². The molecule has 0 unspecified atom stereocenters. The zero-order valence-electron chi connectivity index (χ0n) is 18.7. The first-order valence-electron chi connectivity index (χ1n) is 10.9. The molecule has 2 aliphatic rings. The van der Waals surface area contributed by atoms with Crippen molar-refractivity contribution in [1.82, 2.24) is 10.2 Å². The number of benzene rings is 2. The number of carbonyl (C=O) groups is 2. The molecule has 1 aromatic heterocycles. The van der Waals surface area contributed by atoms with Crippen molar-refractivity contribution < 1.29 is 23.5 Å². The molecule has 0 saturated heterocycles. The van der Waals surface area contributed by atoms with E-state index in [4.69, 9.17) is 15.2 Å². The summed E-state index contributed by atoms with van der Waals surface area (Å²) >= 11 is 0. The Bertz CT molecular complexity index is 1330. The predicted octanol–water partition coefficient (Wildman–Crippen LogP) is 3.07. The number of halogens is 1. The van der Waals surface area contributed by atoms with Gasteiger partial charge in [-0.2, -0.15) is 0 Å². The number of aromatic amines is 1. The number of aryl methyl sites for hydroxylation is 1. The van der Waals surface area contributed by atoms with E-state index < -0.39 is 11.4 Å². The number of nitrogens with zero attached hydrogens (tertiary/aromatic N) is 2. The van der Waals surface area contributed by atoms with Crippen molar-refractivity contribution >= 4 is 17.6 Å². The number of hydrogen-bond acceptors (Lipinski definition) is 6. The summed E-state index contributed by atoms with van der Waals surface area (Å²) < 4.78 is 24.3. The summed E-state index contributed by atoms with van der Waals surface area (Å²) in [6, 6.07) is 13.2. The fourth-order valence-corrected chi connectivity index (χ4v) is 4.94. The number of aromatic nitrogens is 2. The molecule has 0 bridgehead atoms. The average Bonchev–Trinajstić information content (AvgIpc) is 3.34. The Morgan fingerprint density at radius 3 is 2.68 bits per heavy atom. The van der Waals surface area contributed by atoms with Gasteiger partial charge < -0.3 is 20.1 Å². The molecule has 1 amide bonds. The Kier molecular flexibility index (Phi) is 5.11. The van der Waals surface area contributed by atoms with Gasteiger partial charge >= 0.3 is 5.97 Å². The Labute approximate surface area is 195 Å². The van der Waals surface area contributed by atoms with Crippen LogP contribution < -0.4 is 15.4 Å². The van der Waals surface area contributed by atoms with Gasteiger partial charge in [0.15, 0.2) is 0 Å². The van der Waals surface area contributed by atoms with E-state index in [1.165, 1.54) is 19.2 Å². The number of esters is 1. The van der Waals surface area contributed by atoms with Crippen LogP contribution in [-0.2, 0) is 32.7 Å². The highest BCUT2D eigenvalue weighted by Crippen LogP contribution is 2.56. The van der Waals surface area contributed by atoms with E-state index in [1.54, 1.807) is 29.2 Å². The van der Waals surface area contributed by atoms with Crippen molar-refractivity contribution in [2.75, 3.05) is 12.0 Å². The fraction of sp³-hybridized carbons (Fsp3) is 0.240. The van der Waals surface area contributed by atoms with E-state index in [1.807, 2.05) is 19.1 Å². The molecule has 8 nitrogen and oxygen atoms in total. The number of nitrogens with two attached hydrogens (primary N) is 1. The van der Waals surface area contributed by atoms with E-state index in [-0.39, 0.29) is 35.6 Å². The van der Waals surface area contributed by atoms with Crippen molar-refractivity contribution in [2.45, 2.75) is 31.7 Å². The number of anilines is 1. The van der Waals surface area contributed by atoms with Gasteiger partial charge in [0, 0.05) is 16.9 Å².